The van der Waals surface area contributed by atoms with E-state index in [-0.39, 0.29) is 11.8 Å². The largest absolute Gasteiger partial charge is 0.330 e. The van der Waals surface area contributed by atoms with E-state index in [0.29, 0.717) is 6.54 Å². The van der Waals surface area contributed by atoms with E-state index in [0.717, 1.165) is 19.3 Å². The molecule has 0 aliphatic carbocycles. The van der Waals surface area contributed by atoms with Crippen LogP contribution in [0.4, 0.5) is 0 Å². The first-order valence-electron chi connectivity index (χ1n) is 4.01. The number of hydrogen-bond acceptors (Lipinski definition) is 3. The van der Waals surface area contributed by atoms with Crippen LogP contribution in [-0.2, 0) is 4.79 Å². The van der Waals surface area contributed by atoms with Gasteiger partial charge in [-0.2, -0.15) is 0 Å². The summed E-state index contributed by atoms with van der Waals surface area (Å²) in [5.41, 5.74) is 10.8. The lowest BCUT2D eigenvalue weighted by Crippen LogP contribution is -2.30. The van der Waals surface area contributed by atoms with E-state index in [2.05, 4.69) is 0 Å². The van der Waals surface area contributed by atoms with Crippen LogP contribution < -0.4 is 11.5 Å². The molecule has 0 fully saturated rings. The van der Waals surface area contributed by atoms with Crippen molar-refractivity contribution in [2.45, 2.75) is 32.2 Å². The lowest BCUT2D eigenvalue weighted by molar-refractivity contribution is -0.117. The third-order valence-corrected chi connectivity index (χ3v) is 1.62. The van der Waals surface area contributed by atoms with Gasteiger partial charge >= 0.3 is 0 Å². The van der Waals surface area contributed by atoms with Crippen LogP contribution in [0.2, 0.25) is 0 Å². The number of nitrogens with two attached hydrogens (primary N) is 2. The van der Waals surface area contributed by atoms with Crippen LogP contribution in [0.3, 0.4) is 0 Å². The molecule has 0 aliphatic heterocycles. The van der Waals surface area contributed by atoms with Crippen molar-refractivity contribution in [2.24, 2.45) is 11.5 Å². The Hall–Kier alpha value is -0.410. The molecule has 65 valence electrons. The number of ketones is 1. The van der Waals surface area contributed by atoms with Crippen LogP contribution >= 0.6 is 0 Å². The van der Waals surface area contributed by atoms with E-state index in [1.165, 1.54) is 6.42 Å². The topological polar surface area (TPSA) is 69.1 Å². The van der Waals surface area contributed by atoms with Crippen molar-refractivity contribution in [1.82, 2.24) is 0 Å². The van der Waals surface area contributed by atoms with E-state index in [4.69, 9.17) is 11.5 Å². The monoisotopic (exact) mass is 157 g/mol. The predicted octanol–water partition coefficient (Wildman–Crippen LogP) is 0.236. The van der Waals surface area contributed by atoms with Crippen molar-refractivity contribution < 1.29 is 4.79 Å². The lowest BCUT2D eigenvalue weighted by atomic mass is 10.1. The molecule has 0 aliphatic rings. The summed E-state index contributed by atoms with van der Waals surface area (Å²) in [7, 11) is 0. The number of carbonyl (C=O) groups is 1. The fraction of sp³-hybridized carbons (Fsp3) is 0.750. The van der Waals surface area contributed by atoms with Crippen molar-refractivity contribution in [2.75, 3.05) is 6.54 Å². The minimum atomic E-state index is -0.313. The highest BCUT2D eigenvalue weighted by atomic mass is 16.1. The zero-order chi connectivity index (χ0) is 8.69. The molecule has 0 saturated heterocycles. The Labute approximate surface area is 68.1 Å². The van der Waals surface area contributed by atoms with Crippen molar-refractivity contribution in [3.8, 4) is 0 Å². The highest BCUT2D eigenvalue weighted by molar-refractivity contribution is 5.90. The minimum absolute atomic E-state index is 0.0296. The summed E-state index contributed by atoms with van der Waals surface area (Å²) >= 11 is 0. The maximum Gasteiger partial charge on any atom is 0.153 e. The third kappa shape index (κ3) is 4.93. The van der Waals surface area contributed by atoms with Crippen molar-refractivity contribution in [1.29, 1.82) is 0 Å². The second-order valence-corrected chi connectivity index (χ2v) is 2.58. The highest BCUT2D eigenvalue weighted by Gasteiger charge is 2.09. The van der Waals surface area contributed by atoms with E-state index in [1.54, 1.807) is 6.92 Å². The van der Waals surface area contributed by atoms with Crippen LogP contribution in [0.25, 0.3) is 0 Å². The number of unbranched alkanes of at least 4 members (excludes halogenated alkanes) is 1. The Bertz CT molecular complexity index is 115. The minimum Gasteiger partial charge on any atom is -0.330 e. The molecule has 4 N–H and O–H groups in total. The van der Waals surface area contributed by atoms with Gasteiger partial charge in [-0.1, -0.05) is 13.3 Å². The van der Waals surface area contributed by atoms with Crippen LogP contribution in [0, 0.1) is 6.42 Å². The Kier molecular flexibility index (Phi) is 6.07. The molecule has 0 aromatic heterocycles. The Morgan fingerprint density at radius 2 is 2.18 bits per heavy atom. The second kappa shape index (κ2) is 6.31. The maximum atomic E-state index is 10.9. The molecule has 1 atom stereocenters. The maximum absolute atomic E-state index is 10.9. The van der Waals surface area contributed by atoms with Gasteiger partial charge in [-0.05, 0) is 19.4 Å². The predicted molar refractivity (Wildman–Crippen MR) is 45.9 cm³/mol. The molecule has 0 aromatic carbocycles. The summed E-state index contributed by atoms with van der Waals surface area (Å²) in [6.07, 6.45) is 4.16. The molecule has 3 nitrogen and oxygen atoms in total. The molecule has 11 heavy (non-hydrogen) atoms. The molecule has 0 unspecified atom stereocenters. The van der Waals surface area contributed by atoms with Crippen molar-refractivity contribution in [3.63, 3.8) is 0 Å². The smallest absolute Gasteiger partial charge is 0.153 e. The Balaban J connectivity index is 3.36. The summed E-state index contributed by atoms with van der Waals surface area (Å²) in [5, 5.41) is 0. The first-order chi connectivity index (χ1) is 5.22. The first kappa shape index (κ1) is 10.6. The number of carbonyl (C=O) groups excluding carboxylic acids is 1. The zero-order valence-electron chi connectivity index (χ0n) is 7.05. The average Bonchev–Trinajstić information content (AvgIpc) is 2.03. The van der Waals surface area contributed by atoms with Crippen molar-refractivity contribution in [3.05, 3.63) is 6.42 Å². The van der Waals surface area contributed by atoms with Crippen LogP contribution in [0.1, 0.15) is 26.2 Å². The molecule has 0 saturated carbocycles. The molecule has 0 heterocycles. The van der Waals surface area contributed by atoms with Gasteiger partial charge < -0.3 is 11.5 Å². The number of rotatable bonds is 6. The molecule has 3 heteroatoms. The van der Waals surface area contributed by atoms with Gasteiger partial charge in [0, 0.05) is 6.42 Å². The van der Waals surface area contributed by atoms with Gasteiger partial charge in [0.25, 0.3) is 0 Å². The quantitative estimate of drug-likeness (QED) is 0.542. The molecular weight excluding hydrogens is 140 g/mol. The van der Waals surface area contributed by atoms with Gasteiger partial charge in [-0.3, -0.25) is 4.79 Å². The van der Waals surface area contributed by atoms with E-state index in [1.807, 2.05) is 0 Å². The van der Waals surface area contributed by atoms with Crippen LogP contribution in [-0.4, -0.2) is 18.4 Å². The normalized spacial score (nSPS) is 13.0. The van der Waals surface area contributed by atoms with Gasteiger partial charge in [0.15, 0.2) is 5.78 Å². The Morgan fingerprint density at radius 1 is 1.55 bits per heavy atom. The first-order valence-corrected chi connectivity index (χ1v) is 4.01. The SMILES string of the molecule is C[CH]C(=O)[C@@H](N)CCCCN. The molecule has 0 spiro atoms. The fourth-order valence-corrected chi connectivity index (χ4v) is 0.865. The third-order valence-electron chi connectivity index (χ3n) is 1.62. The van der Waals surface area contributed by atoms with Gasteiger partial charge in [-0.15, -0.1) is 0 Å². The number of hydrogen-bond donors (Lipinski definition) is 2. The van der Waals surface area contributed by atoms with Gasteiger partial charge in [0.1, 0.15) is 0 Å². The molecule has 0 bridgehead atoms. The summed E-state index contributed by atoms with van der Waals surface area (Å²) in [6.45, 7) is 2.39. The summed E-state index contributed by atoms with van der Waals surface area (Å²) in [4.78, 5) is 10.9. The summed E-state index contributed by atoms with van der Waals surface area (Å²) < 4.78 is 0. The number of Topliss-reactive ketones (excluding diaryl/α,β-unsaturated/α-hetero) is 1. The molecule has 0 rings (SSSR count). The summed E-state index contributed by atoms with van der Waals surface area (Å²) in [5.74, 6) is 0.0296. The summed E-state index contributed by atoms with van der Waals surface area (Å²) in [6, 6.07) is -0.313. The van der Waals surface area contributed by atoms with Gasteiger partial charge in [0.05, 0.1) is 6.04 Å². The Morgan fingerprint density at radius 3 is 2.64 bits per heavy atom. The second-order valence-electron chi connectivity index (χ2n) is 2.58. The van der Waals surface area contributed by atoms with E-state index < -0.39 is 0 Å². The van der Waals surface area contributed by atoms with E-state index in [9.17, 15) is 4.79 Å². The standard InChI is InChI=1S/C8H17N2O/c1-2-8(11)7(10)5-3-4-6-9/h2,7H,3-6,9-10H2,1H3/t7-/m0/s1. The molecular formula is C8H17N2O. The van der Waals surface area contributed by atoms with Crippen molar-refractivity contribution >= 4 is 5.78 Å². The zero-order valence-corrected chi connectivity index (χ0v) is 7.05. The van der Waals surface area contributed by atoms with Gasteiger partial charge in [0.2, 0.25) is 0 Å². The highest BCUT2D eigenvalue weighted by Crippen LogP contribution is 1.99. The fourth-order valence-electron chi connectivity index (χ4n) is 0.865. The lowest BCUT2D eigenvalue weighted by Gasteiger charge is -2.07. The molecule has 1 radical (unpaired) electrons. The van der Waals surface area contributed by atoms with E-state index >= 15 is 0 Å². The van der Waals surface area contributed by atoms with Crippen LogP contribution in [0.15, 0.2) is 0 Å². The molecule has 0 aromatic rings. The average molecular weight is 157 g/mol. The van der Waals surface area contributed by atoms with Gasteiger partial charge in [-0.25, -0.2) is 0 Å². The van der Waals surface area contributed by atoms with Crippen LogP contribution in [0.5, 0.6) is 0 Å². The molecule has 0 amide bonds.